The van der Waals surface area contributed by atoms with Crippen LogP contribution >= 0.6 is 0 Å². The van der Waals surface area contributed by atoms with Gasteiger partial charge >= 0.3 is 6.18 Å². The van der Waals surface area contributed by atoms with Crippen molar-refractivity contribution in [1.82, 2.24) is 9.97 Å². The molecule has 0 radical (unpaired) electrons. The molecule has 2 aromatic heterocycles. The third kappa shape index (κ3) is 4.16. The third-order valence-corrected chi connectivity index (χ3v) is 7.43. The zero-order valence-electron chi connectivity index (χ0n) is 19.6. The number of hydrogen-bond donors (Lipinski definition) is 2. The molecule has 0 amide bonds. The number of pyridine rings is 1. The largest absolute Gasteiger partial charge is 0.464 e. The van der Waals surface area contributed by atoms with Gasteiger partial charge in [0.05, 0.1) is 24.0 Å². The normalized spacial score (nSPS) is 20.4. The standard InChI is InChI=1S/C25H23F5N4O3/c26-16-9-14(34-22-33-12-23(13-36-22)4-7-35-8-5-23)10-17(27)20(16)37-18-1-6-31-21-19(18)15(11-32-21)24(2-3-24)25(28,29)30/h1,6,9-11H,2-5,7-8,12-13H2,(H,31,32)(H,33,34). The van der Waals surface area contributed by atoms with Crippen LogP contribution in [0.3, 0.4) is 0 Å². The predicted molar refractivity (Wildman–Crippen MR) is 124 cm³/mol. The van der Waals surface area contributed by atoms with E-state index in [2.05, 4.69) is 20.3 Å². The number of ether oxygens (including phenoxy) is 3. The van der Waals surface area contributed by atoms with E-state index in [1.165, 1.54) is 18.5 Å². The number of aromatic amines is 1. The highest BCUT2D eigenvalue weighted by molar-refractivity contribution is 5.90. The highest BCUT2D eigenvalue weighted by Crippen LogP contribution is 2.61. The van der Waals surface area contributed by atoms with Gasteiger partial charge in [-0.05, 0) is 37.3 Å². The van der Waals surface area contributed by atoms with Gasteiger partial charge in [-0.25, -0.2) is 18.8 Å². The van der Waals surface area contributed by atoms with E-state index in [1.807, 2.05) is 0 Å². The molecule has 3 aliphatic rings. The highest BCUT2D eigenvalue weighted by atomic mass is 19.4. The van der Waals surface area contributed by atoms with Crippen molar-refractivity contribution in [2.75, 3.05) is 31.7 Å². The van der Waals surface area contributed by atoms with Gasteiger partial charge in [0.1, 0.15) is 11.4 Å². The van der Waals surface area contributed by atoms with Crippen LogP contribution in [0.15, 0.2) is 35.6 Å². The number of rotatable bonds is 4. The number of anilines is 1. The molecular formula is C25H23F5N4O3. The van der Waals surface area contributed by atoms with Crippen molar-refractivity contribution in [3.63, 3.8) is 0 Å². The van der Waals surface area contributed by atoms with Gasteiger partial charge in [0, 0.05) is 48.8 Å². The second kappa shape index (κ2) is 8.57. The van der Waals surface area contributed by atoms with Crippen molar-refractivity contribution in [2.45, 2.75) is 37.3 Å². The minimum Gasteiger partial charge on any atom is -0.464 e. The number of amidine groups is 1. The first-order chi connectivity index (χ1) is 17.7. The zero-order valence-corrected chi connectivity index (χ0v) is 19.6. The molecule has 1 aliphatic carbocycles. The molecule has 0 unspecified atom stereocenters. The summed E-state index contributed by atoms with van der Waals surface area (Å²) in [5.74, 6) is -2.95. The van der Waals surface area contributed by atoms with Crippen molar-refractivity contribution in [3.05, 3.63) is 47.8 Å². The molecule has 1 saturated heterocycles. The number of H-pyrrole nitrogens is 1. The van der Waals surface area contributed by atoms with E-state index in [4.69, 9.17) is 14.2 Å². The Labute approximate surface area is 208 Å². The molecule has 6 rings (SSSR count). The van der Waals surface area contributed by atoms with Crippen molar-refractivity contribution in [3.8, 4) is 11.5 Å². The molecule has 1 aromatic carbocycles. The quantitative estimate of drug-likeness (QED) is 0.422. The van der Waals surface area contributed by atoms with E-state index >= 15 is 0 Å². The minimum absolute atomic E-state index is 0.0466. The lowest BCUT2D eigenvalue weighted by Gasteiger charge is -2.38. The number of alkyl halides is 3. The topological polar surface area (TPSA) is 80.8 Å². The van der Waals surface area contributed by atoms with E-state index in [0.29, 0.717) is 26.4 Å². The SMILES string of the molecule is Fc1cc(NC2=NCC3(CCOCC3)CO2)cc(F)c1Oc1ccnc2[nH]cc(C3(C(F)(F)F)CC3)c12. The fourth-order valence-corrected chi connectivity index (χ4v) is 5.02. The number of halogens is 5. The third-order valence-electron chi connectivity index (χ3n) is 7.43. The number of aliphatic imine (C=N–C) groups is 1. The van der Waals surface area contributed by atoms with Gasteiger partial charge in [-0.2, -0.15) is 13.2 Å². The lowest BCUT2D eigenvalue weighted by Crippen LogP contribution is -2.42. The Hall–Kier alpha value is -3.41. The molecule has 1 saturated carbocycles. The maximum atomic E-state index is 15.0. The maximum Gasteiger partial charge on any atom is 0.398 e. The Balaban J connectivity index is 1.25. The molecule has 196 valence electrons. The molecule has 0 bridgehead atoms. The Morgan fingerprint density at radius 3 is 2.41 bits per heavy atom. The number of benzene rings is 1. The molecular weight excluding hydrogens is 499 g/mol. The van der Waals surface area contributed by atoms with Crippen LogP contribution in [-0.2, 0) is 14.9 Å². The lowest BCUT2D eigenvalue weighted by molar-refractivity contribution is -0.160. The first-order valence-corrected chi connectivity index (χ1v) is 11.9. The monoisotopic (exact) mass is 522 g/mol. The number of nitrogens with one attached hydrogen (secondary N) is 2. The summed E-state index contributed by atoms with van der Waals surface area (Å²) in [6.45, 7) is 2.22. The maximum absolute atomic E-state index is 15.0. The summed E-state index contributed by atoms with van der Waals surface area (Å²) >= 11 is 0. The smallest absolute Gasteiger partial charge is 0.398 e. The molecule has 1 spiro atoms. The first kappa shape index (κ1) is 24.0. The summed E-state index contributed by atoms with van der Waals surface area (Å²) in [6, 6.07) is 3.46. The Bertz CT molecular complexity index is 1350. The molecule has 12 heteroatoms. The summed E-state index contributed by atoms with van der Waals surface area (Å²) in [5.41, 5.74) is -1.97. The summed E-state index contributed by atoms with van der Waals surface area (Å²) in [5, 5.41) is 2.82. The molecule has 7 nitrogen and oxygen atoms in total. The van der Waals surface area contributed by atoms with E-state index in [9.17, 15) is 22.0 Å². The second-order valence-corrected chi connectivity index (χ2v) is 9.83. The molecule has 37 heavy (non-hydrogen) atoms. The van der Waals surface area contributed by atoms with Gasteiger partial charge in [-0.3, -0.25) is 0 Å². The average Bonchev–Trinajstić information content (AvgIpc) is 3.57. The summed E-state index contributed by atoms with van der Waals surface area (Å²) in [6.07, 6.45) is -0.458. The number of nitrogens with zero attached hydrogens (tertiary/aromatic N) is 2. The first-order valence-electron chi connectivity index (χ1n) is 11.9. The number of fused-ring (bicyclic) bond motifs is 1. The van der Waals surface area contributed by atoms with Crippen LogP contribution in [0.5, 0.6) is 11.5 Å². The van der Waals surface area contributed by atoms with Gasteiger partial charge in [-0.15, -0.1) is 0 Å². The van der Waals surface area contributed by atoms with Crippen LogP contribution in [0.25, 0.3) is 11.0 Å². The van der Waals surface area contributed by atoms with E-state index in [0.717, 1.165) is 25.0 Å². The van der Waals surface area contributed by atoms with Crippen LogP contribution in [0, 0.1) is 17.0 Å². The Kier molecular flexibility index (Phi) is 5.55. The van der Waals surface area contributed by atoms with Gasteiger partial charge in [0.2, 0.25) is 0 Å². The average molecular weight is 522 g/mol. The van der Waals surface area contributed by atoms with E-state index < -0.39 is 29.0 Å². The molecule has 0 atom stereocenters. The molecule has 2 fully saturated rings. The van der Waals surface area contributed by atoms with Crippen LogP contribution in [0.4, 0.5) is 27.6 Å². The van der Waals surface area contributed by atoms with Crippen LogP contribution in [0.2, 0.25) is 0 Å². The van der Waals surface area contributed by atoms with Gasteiger partial charge in [0.15, 0.2) is 17.4 Å². The number of aromatic nitrogens is 2. The van der Waals surface area contributed by atoms with E-state index in [1.54, 1.807) is 0 Å². The summed E-state index contributed by atoms with van der Waals surface area (Å²) < 4.78 is 88.0. The van der Waals surface area contributed by atoms with Crippen LogP contribution in [0.1, 0.15) is 31.2 Å². The molecule has 2 N–H and O–H groups in total. The van der Waals surface area contributed by atoms with Gasteiger partial charge < -0.3 is 24.5 Å². The lowest BCUT2D eigenvalue weighted by atomic mass is 9.81. The predicted octanol–water partition coefficient (Wildman–Crippen LogP) is 5.82. The van der Waals surface area contributed by atoms with Gasteiger partial charge in [-0.1, -0.05) is 0 Å². The molecule has 4 heterocycles. The van der Waals surface area contributed by atoms with Crippen molar-refractivity contribution in [1.29, 1.82) is 0 Å². The van der Waals surface area contributed by atoms with Crippen molar-refractivity contribution >= 4 is 22.7 Å². The fraction of sp³-hybridized carbons (Fsp3) is 0.440. The summed E-state index contributed by atoms with van der Waals surface area (Å²) in [7, 11) is 0. The number of hydrogen-bond acceptors (Lipinski definition) is 6. The summed E-state index contributed by atoms with van der Waals surface area (Å²) in [4.78, 5) is 11.2. The second-order valence-electron chi connectivity index (χ2n) is 9.83. The van der Waals surface area contributed by atoms with Crippen LogP contribution in [-0.4, -0.2) is 48.5 Å². The van der Waals surface area contributed by atoms with E-state index in [-0.39, 0.29) is 52.3 Å². The fourth-order valence-electron chi connectivity index (χ4n) is 5.02. The van der Waals surface area contributed by atoms with Crippen molar-refractivity contribution < 1.29 is 36.2 Å². The minimum atomic E-state index is -4.48. The van der Waals surface area contributed by atoms with Gasteiger partial charge in [0.25, 0.3) is 6.02 Å². The molecule has 3 aromatic rings. The molecule has 2 aliphatic heterocycles. The van der Waals surface area contributed by atoms with Crippen molar-refractivity contribution in [2.24, 2.45) is 10.4 Å². The Morgan fingerprint density at radius 2 is 1.78 bits per heavy atom. The highest BCUT2D eigenvalue weighted by Gasteiger charge is 2.65. The zero-order chi connectivity index (χ0) is 25.8. The van der Waals surface area contributed by atoms with Crippen LogP contribution < -0.4 is 10.1 Å². The Morgan fingerprint density at radius 1 is 1.05 bits per heavy atom.